The van der Waals surface area contributed by atoms with Crippen LogP contribution in [-0.4, -0.2) is 48.6 Å². The fraction of sp³-hybridized carbons (Fsp3) is 0.600. The van der Waals surface area contributed by atoms with Gasteiger partial charge in [-0.2, -0.15) is 0 Å². The summed E-state index contributed by atoms with van der Waals surface area (Å²) in [5.41, 5.74) is 0.845. The normalized spacial score (nSPS) is 16.0. The number of nitrogens with zero attached hydrogens (tertiary/aromatic N) is 3. The highest BCUT2D eigenvalue weighted by atomic mass is 127. The third kappa shape index (κ3) is 7.36. The lowest BCUT2D eigenvalue weighted by atomic mass is 9.99. The number of oxazole rings is 1. The van der Waals surface area contributed by atoms with Crippen LogP contribution >= 0.6 is 35.3 Å². The summed E-state index contributed by atoms with van der Waals surface area (Å²) in [5, 5.41) is 8.75. The Morgan fingerprint density at radius 3 is 2.89 bits per heavy atom. The minimum Gasteiger partial charge on any atom is -0.443 e. The molecule has 0 radical (unpaired) electrons. The number of nitrogens with one attached hydrogen (secondary N) is 2. The molecule has 2 N–H and O–H groups in total. The van der Waals surface area contributed by atoms with Crippen molar-refractivity contribution in [3.05, 3.63) is 29.5 Å². The number of halogens is 1. The molecule has 0 spiro atoms. The van der Waals surface area contributed by atoms with Crippen LogP contribution in [0.25, 0.3) is 10.8 Å². The second-order valence-corrected chi connectivity index (χ2v) is 8.07. The van der Waals surface area contributed by atoms with Crippen LogP contribution in [0.1, 0.15) is 38.8 Å². The van der Waals surface area contributed by atoms with Gasteiger partial charge in [-0.3, -0.25) is 0 Å². The van der Waals surface area contributed by atoms with Gasteiger partial charge in [0, 0.05) is 13.1 Å². The minimum atomic E-state index is 0. The molecule has 0 bridgehead atoms. The van der Waals surface area contributed by atoms with Crippen LogP contribution in [0.2, 0.25) is 0 Å². The van der Waals surface area contributed by atoms with E-state index in [0.29, 0.717) is 12.4 Å². The molecule has 6 nitrogen and oxygen atoms in total. The Balaban J connectivity index is 0.00000280. The molecular weight excluding hydrogens is 485 g/mol. The molecule has 1 fully saturated rings. The van der Waals surface area contributed by atoms with Crippen LogP contribution in [-0.2, 0) is 6.54 Å². The molecule has 1 aliphatic heterocycles. The summed E-state index contributed by atoms with van der Waals surface area (Å²) in [4.78, 5) is 12.8. The SMILES string of the molecule is CCNC(=NCc1coc(-c2cccs2)n1)NCCCN1CCC(C)CC1.I. The predicted octanol–water partition coefficient (Wildman–Crippen LogP) is 4.20. The Morgan fingerprint density at radius 2 is 2.18 bits per heavy atom. The maximum atomic E-state index is 5.56. The largest absolute Gasteiger partial charge is 0.443 e. The molecular formula is C20H32IN5OS. The first-order valence-corrected chi connectivity index (χ1v) is 10.9. The minimum absolute atomic E-state index is 0. The molecule has 0 amide bonds. The highest BCUT2D eigenvalue weighted by molar-refractivity contribution is 14.0. The molecule has 0 unspecified atom stereocenters. The van der Waals surface area contributed by atoms with Crippen molar-refractivity contribution in [2.75, 3.05) is 32.7 Å². The zero-order valence-electron chi connectivity index (χ0n) is 16.8. The van der Waals surface area contributed by atoms with Crippen LogP contribution in [0.3, 0.4) is 0 Å². The molecule has 0 aromatic carbocycles. The summed E-state index contributed by atoms with van der Waals surface area (Å²) in [6.07, 6.45) is 5.50. The third-order valence-electron chi connectivity index (χ3n) is 4.85. The monoisotopic (exact) mass is 517 g/mol. The molecule has 2 aromatic rings. The molecule has 3 rings (SSSR count). The van der Waals surface area contributed by atoms with E-state index in [2.05, 4.69) is 39.4 Å². The highest BCUT2D eigenvalue weighted by Gasteiger charge is 2.14. The zero-order chi connectivity index (χ0) is 18.9. The lowest BCUT2D eigenvalue weighted by Crippen LogP contribution is -2.39. The van der Waals surface area contributed by atoms with Gasteiger partial charge in [-0.25, -0.2) is 9.98 Å². The second kappa shape index (κ2) is 12.4. The van der Waals surface area contributed by atoms with Crippen molar-refractivity contribution in [2.45, 2.75) is 39.7 Å². The van der Waals surface area contributed by atoms with E-state index < -0.39 is 0 Å². The first-order valence-electron chi connectivity index (χ1n) is 9.97. The van der Waals surface area contributed by atoms with Crippen LogP contribution in [0, 0.1) is 5.92 Å². The van der Waals surface area contributed by atoms with E-state index in [1.54, 1.807) is 17.6 Å². The van der Waals surface area contributed by atoms with Gasteiger partial charge >= 0.3 is 0 Å². The number of rotatable bonds is 8. The van der Waals surface area contributed by atoms with E-state index in [1.807, 2.05) is 17.5 Å². The van der Waals surface area contributed by atoms with Crippen LogP contribution in [0.15, 0.2) is 33.2 Å². The van der Waals surface area contributed by atoms with E-state index >= 15 is 0 Å². The van der Waals surface area contributed by atoms with Crippen molar-refractivity contribution in [3.8, 4) is 10.8 Å². The van der Waals surface area contributed by atoms with Gasteiger partial charge in [-0.05, 0) is 63.2 Å². The molecule has 0 atom stereocenters. The van der Waals surface area contributed by atoms with E-state index in [1.165, 1.54) is 25.9 Å². The fourth-order valence-electron chi connectivity index (χ4n) is 3.19. The van der Waals surface area contributed by atoms with Crippen molar-refractivity contribution < 1.29 is 4.42 Å². The Labute approximate surface area is 189 Å². The van der Waals surface area contributed by atoms with Crippen LogP contribution in [0.5, 0.6) is 0 Å². The van der Waals surface area contributed by atoms with Gasteiger partial charge in [0.05, 0.1) is 11.4 Å². The Bertz CT molecular complexity index is 695. The number of hydrogen-bond donors (Lipinski definition) is 2. The lowest BCUT2D eigenvalue weighted by Gasteiger charge is -2.30. The summed E-state index contributed by atoms with van der Waals surface area (Å²) in [5.74, 6) is 2.40. The molecule has 3 heterocycles. The molecule has 0 saturated carbocycles. The fourth-order valence-corrected chi connectivity index (χ4v) is 3.85. The van der Waals surface area contributed by atoms with E-state index in [0.717, 1.165) is 48.5 Å². The molecule has 156 valence electrons. The van der Waals surface area contributed by atoms with Gasteiger partial charge in [0.25, 0.3) is 0 Å². The number of aromatic nitrogens is 1. The second-order valence-electron chi connectivity index (χ2n) is 7.12. The van der Waals surface area contributed by atoms with Crippen molar-refractivity contribution in [1.82, 2.24) is 20.5 Å². The van der Waals surface area contributed by atoms with E-state index in [9.17, 15) is 0 Å². The summed E-state index contributed by atoms with van der Waals surface area (Å²) in [6, 6.07) is 4.01. The molecule has 0 aliphatic carbocycles. The van der Waals surface area contributed by atoms with Crippen molar-refractivity contribution in [1.29, 1.82) is 0 Å². The number of likely N-dealkylation sites (tertiary alicyclic amines) is 1. The summed E-state index contributed by atoms with van der Waals surface area (Å²) in [7, 11) is 0. The van der Waals surface area contributed by atoms with Crippen LogP contribution < -0.4 is 10.6 Å². The topological polar surface area (TPSA) is 65.7 Å². The quantitative estimate of drug-likeness (QED) is 0.238. The number of thiophene rings is 1. The smallest absolute Gasteiger partial charge is 0.236 e. The Hall–Kier alpha value is -1.13. The predicted molar refractivity (Wildman–Crippen MR) is 128 cm³/mol. The van der Waals surface area contributed by atoms with Crippen molar-refractivity contribution in [3.63, 3.8) is 0 Å². The van der Waals surface area contributed by atoms with Gasteiger partial charge < -0.3 is 20.0 Å². The number of hydrogen-bond acceptors (Lipinski definition) is 5. The highest BCUT2D eigenvalue weighted by Crippen LogP contribution is 2.23. The Morgan fingerprint density at radius 1 is 1.36 bits per heavy atom. The summed E-state index contributed by atoms with van der Waals surface area (Å²) < 4.78 is 5.56. The third-order valence-corrected chi connectivity index (χ3v) is 5.70. The van der Waals surface area contributed by atoms with Crippen LogP contribution in [0.4, 0.5) is 0 Å². The number of piperidine rings is 1. The standard InChI is InChI=1S/C20H31N5OS.HI/c1-3-21-20(22-9-5-10-25-11-7-16(2)8-12-25)23-14-17-15-26-19(24-17)18-6-4-13-27-18;/h4,6,13,15-16H,3,5,7-12,14H2,1-2H3,(H2,21,22,23);1H. The first-order chi connectivity index (χ1) is 13.2. The van der Waals surface area contributed by atoms with Crippen molar-refractivity contribution >= 4 is 41.3 Å². The molecule has 1 aliphatic rings. The summed E-state index contributed by atoms with van der Waals surface area (Å²) in [6.45, 7) is 10.4. The van der Waals surface area contributed by atoms with Gasteiger partial charge in [0.2, 0.25) is 5.89 Å². The molecule has 28 heavy (non-hydrogen) atoms. The zero-order valence-corrected chi connectivity index (χ0v) is 20.0. The van der Waals surface area contributed by atoms with Gasteiger partial charge in [-0.15, -0.1) is 35.3 Å². The summed E-state index contributed by atoms with van der Waals surface area (Å²) >= 11 is 1.63. The number of aliphatic imine (C=N–C) groups is 1. The molecule has 8 heteroatoms. The van der Waals surface area contributed by atoms with Gasteiger partial charge in [0.15, 0.2) is 5.96 Å². The average molecular weight is 517 g/mol. The molecule has 2 aromatic heterocycles. The maximum Gasteiger partial charge on any atom is 0.236 e. The average Bonchev–Trinajstić information content (AvgIpc) is 3.36. The Kier molecular flexibility index (Phi) is 10.3. The van der Waals surface area contributed by atoms with Gasteiger partial charge in [-0.1, -0.05) is 13.0 Å². The van der Waals surface area contributed by atoms with Crippen molar-refractivity contribution in [2.24, 2.45) is 10.9 Å². The molecule has 1 saturated heterocycles. The number of guanidine groups is 1. The van der Waals surface area contributed by atoms with E-state index in [-0.39, 0.29) is 24.0 Å². The maximum absolute atomic E-state index is 5.56. The lowest BCUT2D eigenvalue weighted by molar-refractivity contribution is 0.191. The first kappa shape index (κ1) is 23.2. The van der Waals surface area contributed by atoms with E-state index in [4.69, 9.17) is 4.42 Å². The van der Waals surface area contributed by atoms with Gasteiger partial charge in [0.1, 0.15) is 12.0 Å².